The predicted octanol–water partition coefficient (Wildman–Crippen LogP) is 3.16. The van der Waals surface area contributed by atoms with Crippen LogP contribution in [-0.2, 0) is 42.4 Å². The summed E-state index contributed by atoms with van der Waals surface area (Å²) in [6, 6.07) is 6.67. The average molecular weight is 614 g/mol. The van der Waals surface area contributed by atoms with Crippen LogP contribution in [0.3, 0.4) is 0 Å². The zero-order valence-electron chi connectivity index (χ0n) is 20.0. The highest BCUT2D eigenvalue weighted by molar-refractivity contribution is 9.10. The van der Waals surface area contributed by atoms with Crippen molar-refractivity contribution in [2.24, 2.45) is 0 Å². The van der Waals surface area contributed by atoms with Crippen LogP contribution in [0.25, 0.3) is 0 Å². The number of benzene rings is 1. The quantitative estimate of drug-likeness (QED) is 0.360. The summed E-state index contributed by atoms with van der Waals surface area (Å²) in [7, 11) is -7.29. The van der Waals surface area contributed by atoms with Gasteiger partial charge in [-0.15, -0.1) is 0 Å². The lowest BCUT2D eigenvalue weighted by Gasteiger charge is -2.24. The molecule has 0 spiro atoms. The number of fused-ring (bicyclic) bond motifs is 1. The smallest absolute Gasteiger partial charge is 0.327 e. The Balaban J connectivity index is 1.49. The molecule has 1 aliphatic rings. The molecule has 0 amide bonds. The molecule has 4 rings (SSSR count). The van der Waals surface area contributed by atoms with Gasteiger partial charge in [0.25, 0.3) is 0 Å². The van der Waals surface area contributed by atoms with Gasteiger partial charge in [0.15, 0.2) is 9.84 Å². The maximum absolute atomic E-state index is 13.2. The van der Waals surface area contributed by atoms with Crippen LogP contribution in [0, 0.1) is 0 Å². The molecule has 1 aliphatic carbocycles. The second kappa shape index (κ2) is 10.9. The fourth-order valence-corrected chi connectivity index (χ4v) is 6.39. The summed E-state index contributed by atoms with van der Waals surface area (Å²) in [5.41, 5.74) is 1.53. The maximum atomic E-state index is 13.2. The number of carbonyl (C=O) groups is 1. The molecule has 1 unspecified atom stereocenters. The molecule has 0 aliphatic heterocycles. The second-order valence-corrected chi connectivity index (χ2v) is 13.0. The van der Waals surface area contributed by atoms with Crippen LogP contribution in [0.15, 0.2) is 57.0 Å². The number of esters is 1. The van der Waals surface area contributed by atoms with E-state index >= 15 is 0 Å². The molecule has 14 heteroatoms. The molecule has 198 valence electrons. The van der Waals surface area contributed by atoms with Gasteiger partial charge in [0.1, 0.15) is 17.2 Å². The number of pyridine rings is 1. The summed E-state index contributed by atoms with van der Waals surface area (Å²) >= 11 is 3.30. The van der Waals surface area contributed by atoms with Gasteiger partial charge in [-0.3, -0.25) is 9.48 Å². The summed E-state index contributed by atoms with van der Waals surface area (Å²) < 4.78 is 64.8. The normalized spacial score (nSPS) is 15.7. The van der Waals surface area contributed by atoms with Gasteiger partial charge in [-0.2, -0.15) is 5.10 Å². The lowest BCUT2D eigenvalue weighted by atomic mass is 9.94. The van der Waals surface area contributed by atoms with Crippen molar-refractivity contribution in [1.29, 1.82) is 0 Å². The van der Waals surface area contributed by atoms with Crippen LogP contribution in [0.1, 0.15) is 37.1 Å². The van der Waals surface area contributed by atoms with E-state index in [1.165, 1.54) is 36.5 Å². The number of nitrogens with zero attached hydrogens (tertiary/aromatic N) is 3. The zero-order chi connectivity index (χ0) is 26.8. The second-order valence-electron chi connectivity index (χ2n) is 8.38. The maximum Gasteiger partial charge on any atom is 0.327 e. The molecule has 0 bridgehead atoms. The van der Waals surface area contributed by atoms with E-state index < -0.39 is 31.9 Å². The monoisotopic (exact) mass is 612 g/mol. The van der Waals surface area contributed by atoms with Gasteiger partial charge in [-0.05, 0) is 72.4 Å². The molecule has 0 saturated carbocycles. The van der Waals surface area contributed by atoms with Gasteiger partial charge < -0.3 is 9.47 Å². The number of hydrogen-bond donors (Lipinski definition) is 1. The Labute approximate surface area is 223 Å². The minimum atomic E-state index is -3.95. The molecule has 2 aromatic heterocycles. The van der Waals surface area contributed by atoms with Crippen LogP contribution in [-0.4, -0.2) is 50.4 Å². The summed E-state index contributed by atoms with van der Waals surface area (Å²) in [5, 5.41) is 4.27. The van der Waals surface area contributed by atoms with Crippen LogP contribution in [0.2, 0.25) is 0 Å². The van der Waals surface area contributed by atoms with Crippen molar-refractivity contribution >= 4 is 41.8 Å². The summed E-state index contributed by atoms with van der Waals surface area (Å²) in [6.07, 6.45) is 5.86. The third-order valence-corrected chi connectivity index (χ3v) is 8.84. The van der Waals surface area contributed by atoms with E-state index in [9.17, 15) is 21.6 Å². The molecule has 2 heterocycles. The number of halogens is 1. The van der Waals surface area contributed by atoms with Crippen LogP contribution in [0.4, 0.5) is 0 Å². The van der Waals surface area contributed by atoms with Gasteiger partial charge in [0.05, 0.1) is 34.4 Å². The van der Waals surface area contributed by atoms with Gasteiger partial charge in [-0.25, -0.2) is 26.5 Å². The molecule has 0 radical (unpaired) electrons. The minimum absolute atomic E-state index is 0.0298. The first-order valence-corrected chi connectivity index (χ1v) is 15.5. The number of ether oxygens (including phenoxy) is 2. The van der Waals surface area contributed by atoms with Crippen molar-refractivity contribution in [3.05, 3.63) is 58.5 Å². The zero-order valence-corrected chi connectivity index (χ0v) is 23.3. The Morgan fingerprint density at radius 2 is 1.89 bits per heavy atom. The molecule has 0 fully saturated rings. The Morgan fingerprint density at radius 1 is 1.16 bits per heavy atom. The molecule has 1 N–H and O–H groups in total. The topological polar surface area (TPSA) is 147 Å². The Morgan fingerprint density at radius 3 is 2.54 bits per heavy atom. The van der Waals surface area contributed by atoms with Gasteiger partial charge >= 0.3 is 5.97 Å². The first-order chi connectivity index (χ1) is 17.5. The van der Waals surface area contributed by atoms with Crippen LogP contribution >= 0.6 is 15.9 Å². The van der Waals surface area contributed by atoms with E-state index in [-0.39, 0.29) is 28.8 Å². The molecule has 1 atom stereocenters. The molecule has 3 aromatic rings. The third kappa shape index (κ3) is 6.37. The van der Waals surface area contributed by atoms with Gasteiger partial charge in [0, 0.05) is 17.5 Å². The number of carbonyl (C=O) groups excluding carboxylic acids is 1. The van der Waals surface area contributed by atoms with E-state index in [2.05, 4.69) is 30.7 Å². The van der Waals surface area contributed by atoms with E-state index in [0.717, 1.165) is 23.9 Å². The molecular formula is C23H25BrN4O7S2. The van der Waals surface area contributed by atoms with E-state index in [0.29, 0.717) is 23.1 Å². The lowest BCUT2D eigenvalue weighted by molar-refractivity contribution is -0.144. The molecular weight excluding hydrogens is 588 g/mol. The number of nitrogens with one attached hydrogen (secondary N) is 1. The Kier molecular flexibility index (Phi) is 8.02. The van der Waals surface area contributed by atoms with Crippen molar-refractivity contribution in [3.8, 4) is 11.6 Å². The van der Waals surface area contributed by atoms with Crippen molar-refractivity contribution in [3.63, 3.8) is 0 Å². The van der Waals surface area contributed by atoms with Crippen molar-refractivity contribution in [1.82, 2.24) is 19.5 Å². The Hall–Kier alpha value is -2.81. The summed E-state index contributed by atoms with van der Waals surface area (Å²) in [6.45, 7) is 1.97. The lowest BCUT2D eigenvalue weighted by Crippen LogP contribution is -2.31. The largest absolute Gasteiger partial charge is 0.465 e. The van der Waals surface area contributed by atoms with Crippen molar-refractivity contribution in [2.75, 3.05) is 12.9 Å². The summed E-state index contributed by atoms with van der Waals surface area (Å²) in [5.74, 6) is 0.0517. The van der Waals surface area contributed by atoms with Crippen LogP contribution in [0.5, 0.6) is 11.6 Å². The van der Waals surface area contributed by atoms with Crippen molar-refractivity contribution in [2.45, 2.75) is 48.6 Å². The molecule has 1 aromatic carbocycles. The SMILES string of the molecule is CCOC(=O)Cn1ncc2c1CCCC2NS(=O)(=O)c1cnc(Oc2ccc(S(C)(=O)=O)cc2)c(Br)c1. The van der Waals surface area contributed by atoms with E-state index in [1.54, 1.807) is 17.8 Å². The van der Waals surface area contributed by atoms with E-state index in [1.807, 2.05) is 0 Å². The highest BCUT2D eigenvalue weighted by Crippen LogP contribution is 2.33. The van der Waals surface area contributed by atoms with Crippen molar-refractivity contribution < 1.29 is 31.1 Å². The average Bonchev–Trinajstić information content (AvgIpc) is 3.24. The first-order valence-electron chi connectivity index (χ1n) is 11.3. The van der Waals surface area contributed by atoms with Gasteiger partial charge in [0.2, 0.25) is 15.9 Å². The number of rotatable bonds is 9. The number of aromatic nitrogens is 3. The number of hydrogen-bond acceptors (Lipinski definition) is 9. The van der Waals surface area contributed by atoms with Crippen LogP contribution < -0.4 is 9.46 Å². The number of sulfonamides is 1. The highest BCUT2D eigenvalue weighted by Gasteiger charge is 2.29. The van der Waals surface area contributed by atoms with E-state index in [4.69, 9.17) is 9.47 Å². The first kappa shape index (κ1) is 27.2. The predicted molar refractivity (Wildman–Crippen MR) is 136 cm³/mol. The highest BCUT2D eigenvalue weighted by atomic mass is 79.9. The minimum Gasteiger partial charge on any atom is -0.465 e. The third-order valence-electron chi connectivity index (χ3n) is 5.70. The fraction of sp³-hybridized carbons (Fsp3) is 0.348. The molecule has 0 saturated heterocycles. The fourth-order valence-electron chi connectivity index (χ4n) is 3.96. The summed E-state index contributed by atoms with van der Waals surface area (Å²) in [4.78, 5) is 16.1. The Bertz CT molecular complexity index is 1520. The van der Waals surface area contributed by atoms with Gasteiger partial charge in [-0.1, -0.05) is 0 Å². The molecule has 11 nitrogen and oxygen atoms in total. The molecule has 37 heavy (non-hydrogen) atoms. The standard InChI is InChI=1S/C23H25BrN4O7S2/c1-3-34-22(29)14-28-21-6-4-5-20(18(21)13-26-28)27-37(32,33)17-11-19(24)23(25-12-17)35-15-7-9-16(10-8-15)36(2,30)31/h7-13,20,27H,3-6,14H2,1-2H3. The number of sulfone groups is 1.